The van der Waals surface area contributed by atoms with Crippen molar-refractivity contribution in [2.75, 3.05) is 11.5 Å². The van der Waals surface area contributed by atoms with Crippen LogP contribution in [-0.2, 0) is 0 Å². The summed E-state index contributed by atoms with van der Waals surface area (Å²) in [5, 5.41) is 18.7. The van der Waals surface area contributed by atoms with Gasteiger partial charge >= 0.3 is 74.9 Å². The van der Waals surface area contributed by atoms with Gasteiger partial charge in [-0.15, -0.1) is 0 Å². The molecule has 0 unspecified atom stereocenters. The number of hydrogen-bond acceptors (Lipinski definition) is 5. The van der Waals surface area contributed by atoms with Gasteiger partial charge in [-0.2, -0.15) is 0 Å². The number of carbonyl (C=O) groups excluding carboxylic acids is 1. The third kappa shape index (κ3) is 6.55. The summed E-state index contributed by atoms with van der Waals surface area (Å²) < 4.78 is 0. The van der Waals surface area contributed by atoms with Gasteiger partial charge in [0.15, 0.2) is 0 Å². The largest absolute Gasteiger partial charge is 1.00 e. The molecule has 2 aromatic rings. The van der Waals surface area contributed by atoms with Crippen LogP contribution in [0.15, 0.2) is 48.5 Å². The smallest absolute Gasteiger partial charge is 0.545 e. The number of aromatic carboxylic acids is 2. The minimum Gasteiger partial charge on any atom is -0.545 e. The molecule has 2 aromatic carbocycles. The molecule has 0 aliphatic carbocycles. The Bertz CT molecular complexity index is 576. The van der Waals surface area contributed by atoms with Gasteiger partial charge in [0.1, 0.15) is 0 Å². The molecule has 7 heteroatoms. The molecule has 5 N–H and O–H groups in total. The van der Waals surface area contributed by atoms with E-state index in [1.807, 2.05) is 0 Å². The maximum Gasteiger partial charge on any atom is 1.00 e. The number of hydrogen-bond donors (Lipinski definition) is 3. The molecule has 6 nitrogen and oxygen atoms in total. The van der Waals surface area contributed by atoms with E-state index >= 15 is 0 Å². The maximum atomic E-state index is 10.3. The van der Waals surface area contributed by atoms with Gasteiger partial charge in [0.2, 0.25) is 0 Å². The molecule has 0 atom stereocenters. The molecular formula is C14H13CsN2O4. The number of nitrogen functional groups attached to an aromatic ring is 2. The molecule has 0 saturated carbocycles. The summed E-state index contributed by atoms with van der Waals surface area (Å²) in [7, 11) is 0. The fourth-order valence-corrected chi connectivity index (χ4v) is 1.37. The van der Waals surface area contributed by atoms with Crippen LogP contribution in [0, 0.1) is 0 Å². The van der Waals surface area contributed by atoms with Crippen molar-refractivity contribution in [1.82, 2.24) is 0 Å². The Balaban J connectivity index is 0.000000364. The number of benzene rings is 2. The molecule has 0 radical (unpaired) electrons. The molecule has 0 bridgehead atoms. The van der Waals surface area contributed by atoms with Crippen molar-refractivity contribution in [3.8, 4) is 0 Å². The third-order valence-corrected chi connectivity index (χ3v) is 2.37. The maximum absolute atomic E-state index is 10.3. The van der Waals surface area contributed by atoms with Crippen LogP contribution in [0.25, 0.3) is 0 Å². The van der Waals surface area contributed by atoms with Crippen LogP contribution in [0.3, 0.4) is 0 Å². The standard InChI is InChI=1S/2C7H7NO2.Cs/c2*8-6-4-2-1-3-5(6)7(9)10;/h2*1-4H,8H2,(H,9,10);/q;;+1/p-1. The normalized spacial score (nSPS) is 8.76. The van der Waals surface area contributed by atoms with E-state index in [2.05, 4.69) is 0 Å². The molecule has 0 heterocycles. The summed E-state index contributed by atoms with van der Waals surface area (Å²) >= 11 is 0. The van der Waals surface area contributed by atoms with E-state index < -0.39 is 11.9 Å². The minimum atomic E-state index is -1.24. The zero-order chi connectivity index (χ0) is 15.1. The van der Waals surface area contributed by atoms with Crippen molar-refractivity contribution in [2.24, 2.45) is 0 Å². The van der Waals surface area contributed by atoms with Gasteiger partial charge in [-0.25, -0.2) is 4.79 Å². The van der Waals surface area contributed by atoms with Crippen molar-refractivity contribution in [3.63, 3.8) is 0 Å². The fourth-order valence-electron chi connectivity index (χ4n) is 1.37. The van der Waals surface area contributed by atoms with Gasteiger partial charge in [-0.3, -0.25) is 0 Å². The van der Waals surface area contributed by atoms with E-state index in [0.29, 0.717) is 5.69 Å². The molecule has 0 aliphatic heterocycles. The van der Waals surface area contributed by atoms with Crippen molar-refractivity contribution in [3.05, 3.63) is 59.7 Å². The van der Waals surface area contributed by atoms with Crippen molar-refractivity contribution >= 4 is 23.3 Å². The average molecular weight is 406 g/mol. The second-order valence-corrected chi connectivity index (χ2v) is 3.77. The predicted molar refractivity (Wildman–Crippen MR) is 73.0 cm³/mol. The Morgan fingerprint density at radius 2 is 1.24 bits per heavy atom. The zero-order valence-electron chi connectivity index (χ0n) is 11.4. The van der Waals surface area contributed by atoms with Crippen molar-refractivity contribution in [1.29, 1.82) is 0 Å². The molecular weight excluding hydrogens is 393 g/mol. The number of nitrogens with two attached hydrogens (primary N) is 2. The Labute approximate surface area is 180 Å². The van der Waals surface area contributed by atoms with E-state index in [4.69, 9.17) is 16.6 Å². The summed E-state index contributed by atoms with van der Waals surface area (Å²) in [5.41, 5.74) is 11.4. The summed E-state index contributed by atoms with van der Waals surface area (Å²) in [6.07, 6.45) is 0. The zero-order valence-corrected chi connectivity index (χ0v) is 17.7. The predicted octanol–water partition coefficient (Wildman–Crippen LogP) is -2.40. The van der Waals surface area contributed by atoms with Crippen LogP contribution in [-0.4, -0.2) is 17.0 Å². The van der Waals surface area contributed by atoms with E-state index in [0.717, 1.165) is 0 Å². The summed E-state index contributed by atoms with van der Waals surface area (Å²) in [6.45, 7) is 0. The van der Waals surface area contributed by atoms with E-state index in [1.54, 1.807) is 30.3 Å². The minimum absolute atomic E-state index is 0. The second kappa shape index (κ2) is 9.88. The van der Waals surface area contributed by atoms with Gasteiger partial charge in [0.25, 0.3) is 0 Å². The third-order valence-electron chi connectivity index (χ3n) is 2.37. The Morgan fingerprint density at radius 3 is 1.48 bits per heavy atom. The van der Waals surface area contributed by atoms with Crippen LogP contribution in [0.4, 0.5) is 11.4 Å². The number of anilines is 2. The van der Waals surface area contributed by atoms with Gasteiger partial charge in [0, 0.05) is 16.9 Å². The van der Waals surface area contributed by atoms with E-state index in [1.165, 1.54) is 18.2 Å². The fraction of sp³-hybridized carbons (Fsp3) is 0. The average Bonchev–Trinajstić information content (AvgIpc) is 2.40. The van der Waals surface area contributed by atoms with Gasteiger partial charge in [0.05, 0.1) is 11.5 Å². The molecule has 0 fully saturated rings. The summed E-state index contributed by atoms with van der Waals surface area (Å²) in [4.78, 5) is 20.6. The molecule has 0 saturated heterocycles. The Hall–Kier alpha value is -0.968. The summed E-state index contributed by atoms with van der Waals surface area (Å²) in [6, 6.07) is 12.6. The molecule has 0 spiro atoms. The number of carboxylic acids is 2. The number of para-hydroxylation sites is 2. The van der Waals surface area contributed by atoms with Crippen LogP contribution in [0.2, 0.25) is 0 Å². The van der Waals surface area contributed by atoms with Crippen LogP contribution >= 0.6 is 0 Å². The van der Waals surface area contributed by atoms with E-state index in [9.17, 15) is 14.7 Å². The van der Waals surface area contributed by atoms with Crippen molar-refractivity contribution in [2.45, 2.75) is 0 Å². The molecule has 21 heavy (non-hydrogen) atoms. The molecule has 0 aliphatic rings. The van der Waals surface area contributed by atoms with Crippen LogP contribution < -0.4 is 85.5 Å². The number of carbonyl (C=O) groups is 2. The number of rotatable bonds is 2. The first-order valence-corrected chi connectivity index (χ1v) is 5.57. The molecule has 2 rings (SSSR count). The van der Waals surface area contributed by atoms with Crippen molar-refractivity contribution < 1.29 is 88.7 Å². The molecule has 0 amide bonds. The molecule has 104 valence electrons. The Morgan fingerprint density at radius 1 is 0.857 bits per heavy atom. The monoisotopic (exact) mass is 406 g/mol. The topological polar surface area (TPSA) is 129 Å². The quantitative estimate of drug-likeness (QED) is 0.477. The first kappa shape index (κ1) is 20.0. The first-order chi connectivity index (χ1) is 9.43. The van der Waals surface area contributed by atoms with Crippen LogP contribution in [0.5, 0.6) is 0 Å². The van der Waals surface area contributed by atoms with Crippen LogP contribution in [0.1, 0.15) is 20.7 Å². The SMILES string of the molecule is Nc1ccccc1C(=O)O.Nc1ccccc1C(=O)[O-].[Cs+]. The van der Waals surface area contributed by atoms with E-state index in [-0.39, 0.29) is 85.7 Å². The van der Waals surface area contributed by atoms with Gasteiger partial charge in [-0.05, 0) is 18.2 Å². The Kier molecular flexibility index (Phi) is 9.42. The number of carboxylic acid groups (broad SMARTS) is 2. The van der Waals surface area contributed by atoms with Gasteiger partial charge < -0.3 is 26.5 Å². The second-order valence-electron chi connectivity index (χ2n) is 3.77. The summed E-state index contributed by atoms with van der Waals surface area (Å²) in [5.74, 6) is -2.23. The van der Waals surface area contributed by atoms with Gasteiger partial charge in [-0.1, -0.05) is 30.3 Å². The first-order valence-electron chi connectivity index (χ1n) is 5.57. The molecule has 0 aromatic heterocycles.